The molecule has 0 saturated carbocycles. The molecule has 5 N–H and O–H groups in total. The molecule has 1 aliphatic heterocycles. The highest BCUT2D eigenvalue weighted by atomic mass is 32.1. The fraction of sp³-hybridized carbons (Fsp3) is 0.423. The SMILES string of the molecule is CCOc1nc2ccc(NC(C)CN3CCN(CCc4ccccc4)CC3)cc2s1.O.O=C(O)C(=O)O. The van der Waals surface area contributed by atoms with Crippen LogP contribution in [0, 0.1) is 0 Å². The number of piperazine rings is 1. The normalized spacial score (nSPS) is 14.6. The van der Waals surface area contributed by atoms with Crippen LogP contribution in [0.4, 0.5) is 5.69 Å². The van der Waals surface area contributed by atoms with Gasteiger partial charge >= 0.3 is 11.9 Å². The molecule has 2 aromatic carbocycles. The monoisotopic (exact) mass is 532 g/mol. The van der Waals surface area contributed by atoms with Crippen LogP contribution in [0.2, 0.25) is 0 Å². The van der Waals surface area contributed by atoms with E-state index in [1.807, 2.05) is 6.92 Å². The molecule has 0 bridgehead atoms. The second-order valence-electron chi connectivity index (χ2n) is 8.63. The van der Waals surface area contributed by atoms with Crippen LogP contribution in [0.25, 0.3) is 10.2 Å². The minimum atomic E-state index is -1.82. The van der Waals surface area contributed by atoms with Gasteiger partial charge in [0, 0.05) is 51.0 Å². The Balaban J connectivity index is 0.000000618. The molecule has 202 valence electrons. The fourth-order valence-corrected chi connectivity index (χ4v) is 4.94. The molecule has 4 rings (SSSR count). The molecular formula is C26H36N4O6S. The van der Waals surface area contributed by atoms with Crippen molar-refractivity contribution in [1.82, 2.24) is 14.8 Å². The van der Waals surface area contributed by atoms with Gasteiger partial charge in [0.25, 0.3) is 5.19 Å². The van der Waals surface area contributed by atoms with E-state index in [1.165, 1.54) is 10.3 Å². The molecule has 2 heterocycles. The number of rotatable bonds is 9. The maximum atomic E-state index is 9.10. The highest BCUT2D eigenvalue weighted by Gasteiger charge is 2.18. The van der Waals surface area contributed by atoms with E-state index in [9.17, 15) is 0 Å². The van der Waals surface area contributed by atoms with Gasteiger partial charge in [-0.3, -0.25) is 4.90 Å². The number of carboxylic acid groups (broad SMARTS) is 2. The zero-order valence-electron chi connectivity index (χ0n) is 21.2. The van der Waals surface area contributed by atoms with Crippen molar-refractivity contribution in [1.29, 1.82) is 0 Å². The van der Waals surface area contributed by atoms with Crippen LogP contribution < -0.4 is 10.1 Å². The number of fused-ring (bicyclic) bond motifs is 1. The van der Waals surface area contributed by atoms with E-state index in [4.69, 9.17) is 24.5 Å². The number of thiazole rings is 1. The van der Waals surface area contributed by atoms with Gasteiger partial charge in [0.15, 0.2) is 0 Å². The van der Waals surface area contributed by atoms with E-state index in [0.29, 0.717) is 12.6 Å². The third kappa shape index (κ3) is 9.96. The van der Waals surface area contributed by atoms with Crippen LogP contribution in [0.5, 0.6) is 5.19 Å². The van der Waals surface area contributed by atoms with Crippen LogP contribution >= 0.6 is 11.3 Å². The first-order valence-electron chi connectivity index (χ1n) is 12.1. The number of nitrogens with one attached hydrogen (secondary N) is 1. The second kappa shape index (κ2) is 15.1. The predicted molar refractivity (Wildman–Crippen MR) is 146 cm³/mol. The third-order valence-corrected chi connectivity index (χ3v) is 6.72. The molecule has 1 aliphatic rings. The van der Waals surface area contributed by atoms with Crippen molar-refractivity contribution in [2.75, 3.05) is 51.2 Å². The average Bonchev–Trinajstić information content (AvgIpc) is 3.26. The quantitative estimate of drug-likeness (QED) is 0.354. The molecule has 1 aromatic heterocycles. The maximum Gasteiger partial charge on any atom is 0.414 e. The lowest BCUT2D eigenvalue weighted by molar-refractivity contribution is -0.159. The summed E-state index contributed by atoms with van der Waals surface area (Å²) in [6.07, 6.45) is 1.14. The van der Waals surface area contributed by atoms with E-state index in [0.717, 1.165) is 62.1 Å². The molecule has 0 aliphatic carbocycles. The number of hydrogen-bond acceptors (Lipinski definition) is 8. The highest BCUT2D eigenvalue weighted by Crippen LogP contribution is 2.30. The first kappa shape index (κ1) is 30.0. The number of benzene rings is 2. The lowest BCUT2D eigenvalue weighted by Crippen LogP contribution is -2.49. The smallest absolute Gasteiger partial charge is 0.414 e. The Bertz CT molecular complexity index is 1110. The Hall–Kier alpha value is -3.25. The Morgan fingerprint density at radius 1 is 1.05 bits per heavy atom. The lowest BCUT2D eigenvalue weighted by Gasteiger charge is -2.36. The summed E-state index contributed by atoms with van der Waals surface area (Å²) in [5.41, 5.74) is 3.60. The van der Waals surface area contributed by atoms with Crippen LogP contribution in [0.15, 0.2) is 48.5 Å². The van der Waals surface area contributed by atoms with E-state index < -0.39 is 11.9 Å². The van der Waals surface area contributed by atoms with Crippen molar-refractivity contribution in [2.45, 2.75) is 26.3 Å². The minimum Gasteiger partial charge on any atom is -0.473 e. The largest absolute Gasteiger partial charge is 0.473 e. The summed E-state index contributed by atoms with van der Waals surface area (Å²) in [6, 6.07) is 17.6. The molecular weight excluding hydrogens is 496 g/mol. The number of carbonyl (C=O) groups is 2. The number of nitrogens with zero attached hydrogens (tertiary/aromatic N) is 3. The van der Waals surface area contributed by atoms with Crippen LogP contribution in [0.1, 0.15) is 19.4 Å². The van der Waals surface area contributed by atoms with Crippen molar-refractivity contribution in [2.24, 2.45) is 0 Å². The van der Waals surface area contributed by atoms with Crippen molar-refractivity contribution >= 4 is 39.2 Å². The van der Waals surface area contributed by atoms with Crippen LogP contribution in [0.3, 0.4) is 0 Å². The average molecular weight is 533 g/mol. The molecule has 3 aromatic rings. The first-order valence-corrected chi connectivity index (χ1v) is 12.9. The summed E-state index contributed by atoms with van der Waals surface area (Å²) in [6.45, 7) is 11.7. The van der Waals surface area contributed by atoms with E-state index in [2.05, 4.69) is 75.6 Å². The number of aliphatic carboxylic acids is 2. The Labute approximate surface area is 220 Å². The van der Waals surface area contributed by atoms with E-state index in [1.54, 1.807) is 11.3 Å². The summed E-state index contributed by atoms with van der Waals surface area (Å²) in [7, 11) is 0. The zero-order valence-corrected chi connectivity index (χ0v) is 22.0. The van der Waals surface area contributed by atoms with E-state index in [-0.39, 0.29) is 5.48 Å². The van der Waals surface area contributed by atoms with Crippen LogP contribution in [-0.2, 0) is 16.0 Å². The van der Waals surface area contributed by atoms with E-state index >= 15 is 0 Å². The Morgan fingerprint density at radius 2 is 1.70 bits per heavy atom. The van der Waals surface area contributed by atoms with Crippen molar-refractivity contribution in [3.8, 4) is 5.19 Å². The molecule has 10 nitrogen and oxygen atoms in total. The lowest BCUT2D eigenvalue weighted by atomic mass is 10.1. The number of ether oxygens (including phenoxy) is 1. The Morgan fingerprint density at radius 3 is 2.32 bits per heavy atom. The molecule has 37 heavy (non-hydrogen) atoms. The van der Waals surface area contributed by atoms with Gasteiger partial charge in [0.1, 0.15) is 0 Å². The molecule has 1 fully saturated rings. The van der Waals surface area contributed by atoms with Crippen molar-refractivity contribution < 1.29 is 30.0 Å². The summed E-state index contributed by atoms with van der Waals surface area (Å²) < 4.78 is 6.71. The van der Waals surface area contributed by atoms with Gasteiger partial charge in [-0.1, -0.05) is 41.7 Å². The minimum absolute atomic E-state index is 0. The Kier molecular flexibility index (Phi) is 12.2. The van der Waals surface area contributed by atoms with Gasteiger partial charge < -0.3 is 30.6 Å². The molecule has 1 saturated heterocycles. The number of aromatic nitrogens is 1. The van der Waals surface area contributed by atoms with Crippen LogP contribution in [-0.4, -0.2) is 94.3 Å². The molecule has 11 heteroatoms. The van der Waals surface area contributed by atoms with Crippen molar-refractivity contribution in [3.05, 3.63) is 54.1 Å². The summed E-state index contributed by atoms with van der Waals surface area (Å²) in [5, 5.41) is 19.2. The number of carboxylic acids is 2. The molecule has 0 amide bonds. The number of anilines is 1. The summed E-state index contributed by atoms with van der Waals surface area (Å²) >= 11 is 1.61. The number of hydrogen-bond donors (Lipinski definition) is 3. The molecule has 1 atom stereocenters. The fourth-order valence-electron chi connectivity index (χ4n) is 4.02. The summed E-state index contributed by atoms with van der Waals surface area (Å²) in [5.74, 6) is -3.65. The topological polar surface area (TPSA) is 147 Å². The molecule has 0 radical (unpaired) electrons. The van der Waals surface area contributed by atoms with Gasteiger partial charge in [-0.15, -0.1) is 0 Å². The third-order valence-electron chi connectivity index (χ3n) is 5.79. The van der Waals surface area contributed by atoms with Crippen molar-refractivity contribution in [3.63, 3.8) is 0 Å². The van der Waals surface area contributed by atoms with Gasteiger partial charge in [-0.05, 0) is 44.0 Å². The highest BCUT2D eigenvalue weighted by molar-refractivity contribution is 7.20. The second-order valence-corrected chi connectivity index (χ2v) is 9.62. The predicted octanol–water partition coefficient (Wildman–Crippen LogP) is 2.69. The zero-order chi connectivity index (χ0) is 25.9. The standard InChI is InChI=1S/C24H32N4OS.C2H2O4.H2O/c1-3-29-24-26-22-10-9-21(17-23(22)30-24)25-19(2)18-28-15-13-27(14-16-28)12-11-20-7-5-4-6-8-20;3-1(4)2(5)6;/h4-10,17,19,25H,3,11-16,18H2,1-2H3;(H,3,4)(H,5,6);1H2. The molecule has 0 spiro atoms. The first-order chi connectivity index (χ1) is 17.3. The maximum absolute atomic E-state index is 9.10. The molecule has 1 unspecified atom stereocenters. The summed E-state index contributed by atoms with van der Waals surface area (Å²) in [4.78, 5) is 27.9. The van der Waals surface area contributed by atoms with Gasteiger partial charge in [0.2, 0.25) is 0 Å². The van der Waals surface area contributed by atoms with Gasteiger partial charge in [-0.25, -0.2) is 14.6 Å². The van der Waals surface area contributed by atoms with Gasteiger partial charge in [0.05, 0.1) is 16.8 Å². The van der Waals surface area contributed by atoms with Gasteiger partial charge in [-0.2, -0.15) is 0 Å².